The summed E-state index contributed by atoms with van der Waals surface area (Å²) in [6.45, 7) is 6.39. The number of carbonyl (C=O) groups excluding carboxylic acids is 2. The van der Waals surface area contributed by atoms with Crippen LogP contribution in [0.4, 0.5) is 0 Å². The van der Waals surface area contributed by atoms with Crippen LogP contribution in [-0.4, -0.2) is 40.1 Å². The van der Waals surface area contributed by atoms with Crippen LogP contribution in [-0.2, 0) is 22.7 Å². The number of quaternary nitrogens is 1. The maximum atomic E-state index is 13.4. The zero-order valence-corrected chi connectivity index (χ0v) is 16.4. The number of aliphatic hydroxyl groups excluding tert-OH is 1. The molecule has 0 aromatic heterocycles. The van der Waals surface area contributed by atoms with E-state index in [-0.39, 0.29) is 16.9 Å². The zero-order valence-electron chi connectivity index (χ0n) is 15.7. The van der Waals surface area contributed by atoms with Crippen molar-refractivity contribution in [3.8, 4) is 0 Å². The number of nitrogens with zero attached hydrogens (tertiary/aromatic N) is 1. The van der Waals surface area contributed by atoms with Crippen molar-refractivity contribution in [1.82, 2.24) is 0 Å². The van der Waals surface area contributed by atoms with Crippen molar-refractivity contribution < 1.29 is 19.2 Å². The normalized spacial score (nSPS) is 24.5. The van der Waals surface area contributed by atoms with Crippen molar-refractivity contribution in [1.29, 1.82) is 0 Å². The molecule has 1 heterocycles. The van der Waals surface area contributed by atoms with Gasteiger partial charge in [-0.15, -0.1) is 0 Å². The molecule has 144 valence electrons. The van der Waals surface area contributed by atoms with Crippen molar-refractivity contribution in [3.63, 3.8) is 0 Å². The number of amides is 2. The van der Waals surface area contributed by atoms with Gasteiger partial charge < -0.3 is 16.6 Å². The number of hydrogen-bond acceptors (Lipinski definition) is 4. The first-order chi connectivity index (χ1) is 12.0. The highest BCUT2D eigenvalue weighted by Gasteiger charge is 2.54. The van der Waals surface area contributed by atoms with Crippen LogP contribution in [0.25, 0.3) is 0 Å². The Balaban J connectivity index is 2.54. The lowest BCUT2D eigenvalue weighted by Crippen LogP contribution is -2.64. The fourth-order valence-corrected chi connectivity index (χ4v) is 3.94. The van der Waals surface area contributed by atoms with Gasteiger partial charge in [0.25, 0.3) is 5.91 Å². The van der Waals surface area contributed by atoms with E-state index in [0.717, 1.165) is 11.1 Å². The summed E-state index contributed by atoms with van der Waals surface area (Å²) in [5.74, 6) is -0.893. The molecule has 1 aromatic rings. The van der Waals surface area contributed by atoms with Crippen LogP contribution in [0, 0.1) is 5.41 Å². The molecule has 2 amide bonds. The van der Waals surface area contributed by atoms with Gasteiger partial charge in [0, 0.05) is 35.4 Å². The molecular formula is C19H29ClN3O3+. The van der Waals surface area contributed by atoms with Gasteiger partial charge in [-0.2, -0.15) is 0 Å². The van der Waals surface area contributed by atoms with Gasteiger partial charge in [0.15, 0.2) is 12.1 Å². The van der Waals surface area contributed by atoms with Gasteiger partial charge in [0.1, 0.15) is 6.54 Å². The second-order valence-electron chi connectivity index (χ2n) is 8.20. The fraction of sp³-hybridized carbons (Fsp3) is 0.579. The molecule has 1 aromatic carbocycles. The van der Waals surface area contributed by atoms with Crippen LogP contribution in [0.1, 0.15) is 44.7 Å². The van der Waals surface area contributed by atoms with Gasteiger partial charge in [-0.3, -0.25) is 4.79 Å². The molecule has 6 nitrogen and oxygen atoms in total. The second kappa shape index (κ2) is 7.64. The van der Waals surface area contributed by atoms with E-state index in [1.54, 1.807) is 32.9 Å². The van der Waals surface area contributed by atoms with Crippen molar-refractivity contribution in [2.45, 2.75) is 58.8 Å². The molecule has 0 spiro atoms. The molecule has 2 rings (SSSR count). The maximum absolute atomic E-state index is 13.4. The van der Waals surface area contributed by atoms with E-state index < -0.39 is 23.5 Å². The molecule has 7 heteroatoms. The minimum atomic E-state index is -1.21. The average molecular weight is 383 g/mol. The predicted octanol–water partition coefficient (Wildman–Crippen LogP) is 1.70. The van der Waals surface area contributed by atoms with Crippen molar-refractivity contribution in [2.24, 2.45) is 16.9 Å². The molecule has 0 radical (unpaired) electrons. The third-order valence-electron chi connectivity index (χ3n) is 5.29. The van der Waals surface area contributed by atoms with Gasteiger partial charge in [-0.1, -0.05) is 38.4 Å². The molecule has 3 atom stereocenters. The van der Waals surface area contributed by atoms with Gasteiger partial charge >= 0.3 is 5.91 Å². The summed E-state index contributed by atoms with van der Waals surface area (Å²) >= 11 is 6.14. The number of primary amides is 1. The molecular weight excluding hydrogens is 354 g/mol. The van der Waals surface area contributed by atoms with Crippen molar-refractivity contribution in [2.75, 3.05) is 6.54 Å². The topological polar surface area (TPSA) is 106 Å². The highest BCUT2D eigenvalue weighted by Crippen LogP contribution is 2.35. The van der Waals surface area contributed by atoms with Crippen LogP contribution in [0.2, 0.25) is 5.02 Å². The SMILES string of the molecule is CC(C)(C)[C@@H](O)C(=O)[N+]1(Cc2cc(Cl)ccc2CN)CCC[C@H]1C(N)=O. The summed E-state index contributed by atoms with van der Waals surface area (Å²) in [5.41, 5.74) is 12.5. The van der Waals surface area contributed by atoms with Gasteiger partial charge in [-0.25, -0.2) is 9.28 Å². The maximum Gasteiger partial charge on any atom is 0.343 e. The standard InChI is InChI=1S/C19H28ClN3O3/c1-19(2,3)16(24)18(26)23(8-4-5-15(23)17(22)25)11-13-9-14(20)7-6-12(13)10-21/h6-7,9,15-16,24H,4-5,8,10-11,21H2,1-3H3,(H-,22,25)/p+1/t15-,16-,23?/m0/s1. The van der Waals surface area contributed by atoms with E-state index in [2.05, 4.69) is 0 Å². The number of rotatable bonds is 5. The van der Waals surface area contributed by atoms with E-state index in [9.17, 15) is 14.7 Å². The predicted molar refractivity (Wildman–Crippen MR) is 101 cm³/mol. The minimum absolute atomic E-state index is 0.179. The third-order valence-corrected chi connectivity index (χ3v) is 5.53. The van der Waals surface area contributed by atoms with E-state index in [1.165, 1.54) is 0 Å². The first-order valence-corrected chi connectivity index (χ1v) is 9.26. The van der Waals surface area contributed by atoms with E-state index >= 15 is 0 Å². The monoisotopic (exact) mass is 382 g/mol. The van der Waals surface area contributed by atoms with Crippen LogP contribution < -0.4 is 11.5 Å². The number of carbonyl (C=O) groups is 2. The van der Waals surface area contributed by atoms with Crippen LogP contribution >= 0.6 is 11.6 Å². The smallest absolute Gasteiger partial charge is 0.343 e. The van der Waals surface area contributed by atoms with Crippen LogP contribution in [0.5, 0.6) is 0 Å². The summed E-state index contributed by atoms with van der Waals surface area (Å²) in [6, 6.07) is 4.69. The van der Waals surface area contributed by atoms with Crippen molar-refractivity contribution >= 4 is 23.4 Å². The quantitative estimate of drug-likeness (QED) is 0.673. The van der Waals surface area contributed by atoms with Gasteiger partial charge in [0.05, 0.1) is 6.54 Å². The Morgan fingerprint density at radius 3 is 2.54 bits per heavy atom. The summed E-state index contributed by atoms with van der Waals surface area (Å²) < 4.78 is -0.179. The van der Waals surface area contributed by atoms with Crippen LogP contribution in [0.15, 0.2) is 18.2 Å². The molecule has 0 aliphatic carbocycles. The molecule has 26 heavy (non-hydrogen) atoms. The highest BCUT2D eigenvalue weighted by atomic mass is 35.5. The second-order valence-corrected chi connectivity index (χ2v) is 8.64. The lowest BCUT2D eigenvalue weighted by Gasteiger charge is -2.40. The minimum Gasteiger partial charge on any atom is -0.379 e. The molecule has 0 saturated carbocycles. The number of benzene rings is 1. The first kappa shape index (κ1) is 20.8. The van der Waals surface area contributed by atoms with Gasteiger partial charge in [-0.05, 0) is 17.7 Å². The lowest BCUT2D eigenvalue weighted by atomic mass is 9.87. The Morgan fingerprint density at radius 2 is 2.00 bits per heavy atom. The zero-order chi connectivity index (χ0) is 19.7. The first-order valence-electron chi connectivity index (χ1n) is 8.89. The Hall–Kier alpha value is -1.47. The number of halogens is 1. The molecule has 5 N–H and O–H groups in total. The van der Waals surface area contributed by atoms with Crippen molar-refractivity contribution in [3.05, 3.63) is 34.3 Å². The number of nitrogens with two attached hydrogens (primary N) is 2. The van der Waals surface area contributed by atoms with E-state index in [0.29, 0.717) is 31.0 Å². The Kier molecular flexibility index (Phi) is 6.13. The molecule has 1 saturated heterocycles. The van der Waals surface area contributed by atoms with Crippen LogP contribution in [0.3, 0.4) is 0 Å². The van der Waals surface area contributed by atoms with E-state index in [1.807, 2.05) is 6.07 Å². The van der Waals surface area contributed by atoms with E-state index in [4.69, 9.17) is 23.1 Å². The molecule has 0 bridgehead atoms. The summed E-state index contributed by atoms with van der Waals surface area (Å²) in [6.07, 6.45) is 0.00789. The lowest BCUT2D eigenvalue weighted by molar-refractivity contribution is -0.872. The third kappa shape index (κ3) is 3.93. The Bertz CT molecular complexity index is 702. The Morgan fingerprint density at radius 1 is 1.35 bits per heavy atom. The highest BCUT2D eigenvalue weighted by molar-refractivity contribution is 6.30. The summed E-state index contributed by atoms with van der Waals surface area (Å²) in [7, 11) is 0. The molecule has 1 aliphatic heterocycles. The number of aliphatic hydroxyl groups is 1. The largest absolute Gasteiger partial charge is 0.379 e. The number of hydrogen-bond donors (Lipinski definition) is 3. The van der Waals surface area contributed by atoms with Gasteiger partial charge in [0.2, 0.25) is 0 Å². The average Bonchev–Trinajstić information content (AvgIpc) is 2.97. The Labute approximate surface area is 159 Å². The summed E-state index contributed by atoms with van der Waals surface area (Å²) in [4.78, 5) is 25.5. The number of likely N-dealkylation sites (tertiary alicyclic amines) is 1. The fourth-order valence-electron chi connectivity index (χ4n) is 3.75. The molecule has 1 unspecified atom stereocenters. The molecule has 1 fully saturated rings. The molecule has 1 aliphatic rings. The summed E-state index contributed by atoms with van der Waals surface area (Å²) in [5, 5.41) is 11.2.